The van der Waals surface area contributed by atoms with E-state index in [-0.39, 0.29) is 5.91 Å². The second-order valence-electron chi connectivity index (χ2n) is 4.53. The Bertz CT molecular complexity index is 706. The van der Waals surface area contributed by atoms with Gasteiger partial charge in [-0.3, -0.25) is 4.79 Å². The van der Waals surface area contributed by atoms with Crippen molar-refractivity contribution >= 4 is 28.6 Å². The number of carbonyl (C=O) groups excluding carboxylic acids is 1. The van der Waals surface area contributed by atoms with Gasteiger partial charge in [-0.15, -0.1) is 0 Å². The molecule has 0 radical (unpaired) electrons. The highest BCUT2D eigenvalue weighted by molar-refractivity contribution is 7.07. The van der Waals surface area contributed by atoms with Gasteiger partial charge in [0.25, 0.3) is 5.91 Å². The Kier molecular flexibility index (Phi) is 4.02. The first-order chi connectivity index (χ1) is 10.3. The van der Waals surface area contributed by atoms with Gasteiger partial charge in [-0.2, -0.15) is 11.3 Å². The van der Waals surface area contributed by atoms with E-state index < -0.39 is 0 Å². The lowest BCUT2D eigenvalue weighted by molar-refractivity contribution is 0.102. The summed E-state index contributed by atoms with van der Waals surface area (Å²) in [6.45, 7) is 0.766. The molecule has 21 heavy (non-hydrogen) atoms. The first kappa shape index (κ1) is 13.5. The quantitative estimate of drug-likeness (QED) is 0.742. The predicted molar refractivity (Wildman–Crippen MR) is 84.7 cm³/mol. The van der Waals surface area contributed by atoms with Crippen LogP contribution in [0, 0.1) is 0 Å². The molecular weight excluding hydrogens is 284 g/mol. The number of hydrogen-bond donors (Lipinski definition) is 2. The van der Waals surface area contributed by atoms with Gasteiger partial charge >= 0.3 is 0 Å². The van der Waals surface area contributed by atoms with Gasteiger partial charge in [0.05, 0.1) is 11.8 Å². The molecule has 0 aliphatic heterocycles. The van der Waals surface area contributed by atoms with E-state index in [0.717, 1.165) is 17.9 Å². The smallest absolute Gasteiger partial charge is 0.258 e. The Morgan fingerprint density at radius 2 is 2.10 bits per heavy atom. The molecule has 2 heterocycles. The molecule has 0 bridgehead atoms. The molecule has 0 atom stereocenters. The Morgan fingerprint density at radius 1 is 1.19 bits per heavy atom. The molecule has 0 saturated heterocycles. The van der Waals surface area contributed by atoms with Crippen molar-refractivity contribution in [2.45, 2.75) is 6.54 Å². The third-order valence-corrected chi connectivity index (χ3v) is 3.71. The van der Waals surface area contributed by atoms with Crippen molar-refractivity contribution in [2.75, 3.05) is 10.6 Å². The lowest BCUT2D eigenvalue weighted by Gasteiger charge is -2.08. The number of furan rings is 1. The number of carbonyl (C=O) groups is 1. The summed E-state index contributed by atoms with van der Waals surface area (Å²) < 4.78 is 4.90. The predicted octanol–water partition coefficient (Wildman–Crippen LogP) is 4.21. The molecule has 0 aliphatic carbocycles. The summed E-state index contributed by atoms with van der Waals surface area (Å²) in [5.74, 6) is -0.182. The summed E-state index contributed by atoms with van der Waals surface area (Å²) in [5, 5.41) is 10.3. The summed E-state index contributed by atoms with van der Waals surface area (Å²) in [7, 11) is 0. The fraction of sp³-hybridized carbons (Fsp3) is 0.0625. The van der Waals surface area contributed by atoms with E-state index in [1.807, 2.05) is 24.3 Å². The highest BCUT2D eigenvalue weighted by Crippen LogP contribution is 2.17. The molecule has 3 rings (SSSR count). The van der Waals surface area contributed by atoms with Crippen LogP contribution in [0.5, 0.6) is 0 Å². The third kappa shape index (κ3) is 3.52. The van der Waals surface area contributed by atoms with Gasteiger partial charge < -0.3 is 15.1 Å². The number of amides is 1. The van der Waals surface area contributed by atoms with E-state index in [4.69, 9.17) is 4.42 Å². The second kappa shape index (κ2) is 6.28. The van der Waals surface area contributed by atoms with Crippen LogP contribution in [-0.2, 0) is 6.54 Å². The normalized spacial score (nSPS) is 10.3. The average Bonchev–Trinajstić information content (AvgIpc) is 3.19. The van der Waals surface area contributed by atoms with Crippen molar-refractivity contribution in [2.24, 2.45) is 0 Å². The number of benzene rings is 1. The van der Waals surface area contributed by atoms with Crippen LogP contribution in [0.1, 0.15) is 15.9 Å². The van der Waals surface area contributed by atoms with Crippen LogP contribution in [0.3, 0.4) is 0 Å². The van der Waals surface area contributed by atoms with E-state index in [1.165, 1.54) is 18.1 Å². The Labute approximate surface area is 126 Å². The summed E-state index contributed by atoms with van der Waals surface area (Å²) >= 11 is 1.68. The Hall–Kier alpha value is -2.53. The molecule has 2 N–H and O–H groups in total. The van der Waals surface area contributed by atoms with Crippen LogP contribution in [0.4, 0.5) is 11.4 Å². The zero-order valence-corrected chi connectivity index (χ0v) is 12.0. The lowest BCUT2D eigenvalue weighted by Crippen LogP contribution is -2.11. The molecule has 106 valence electrons. The van der Waals surface area contributed by atoms with Gasteiger partial charge in [0.2, 0.25) is 0 Å². The number of thiophene rings is 1. The molecule has 5 heteroatoms. The van der Waals surface area contributed by atoms with Gasteiger partial charge in [0.15, 0.2) is 0 Å². The van der Waals surface area contributed by atoms with Crippen molar-refractivity contribution in [1.29, 1.82) is 0 Å². The Balaban J connectivity index is 1.64. The van der Waals surface area contributed by atoms with Crippen LogP contribution >= 0.6 is 11.3 Å². The largest absolute Gasteiger partial charge is 0.472 e. The van der Waals surface area contributed by atoms with Crippen molar-refractivity contribution in [3.8, 4) is 0 Å². The Morgan fingerprint density at radius 3 is 2.86 bits per heavy atom. The van der Waals surface area contributed by atoms with Gasteiger partial charge in [0, 0.05) is 17.9 Å². The average molecular weight is 298 g/mol. The monoisotopic (exact) mass is 298 g/mol. The maximum absolute atomic E-state index is 11.9. The maximum atomic E-state index is 11.9. The number of anilines is 2. The minimum atomic E-state index is -0.182. The summed E-state index contributed by atoms with van der Waals surface area (Å²) in [5.41, 5.74) is 3.46. The molecular formula is C16H14N2O2S. The molecule has 2 aromatic heterocycles. The molecule has 0 aliphatic rings. The number of hydrogen-bond acceptors (Lipinski definition) is 4. The second-order valence-corrected chi connectivity index (χ2v) is 5.31. The van der Waals surface area contributed by atoms with Gasteiger partial charge in [-0.1, -0.05) is 6.07 Å². The topological polar surface area (TPSA) is 54.3 Å². The zero-order chi connectivity index (χ0) is 14.5. The van der Waals surface area contributed by atoms with E-state index in [1.54, 1.807) is 17.4 Å². The molecule has 1 amide bonds. The van der Waals surface area contributed by atoms with Gasteiger partial charge in [-0.05, 0) is 46.7 Å². The molecule has 0 fully saturated rings. The summed E-state index contributed by atoms with van der Waals surface area (Å²) in [6.07, 6.45) is 2.90. The minimum Gasteiger partial charge on any atom is -0.472 e. The van der Waals surface area contributed by atoms with Crippen LogP contribution in [-0.4, -0.2) is 5.91 Å². The van der Waals surface area contributed by atoms with Crippen molar-refractivity contribution in [3.63, 3.8) is 0 Å². The highest BCUT2D eigenvalue weighted by Gasteiger charge is 2.07. The van der Waals surface area contributed by atoms with E-state index in [9.17, 15) is 4.79 Å². The highest BCUT2D eigenvalue weighted by atomic mass is 32.1. The first-order valence-electron chi connectivity index (χ1n) is 6.50. The van der Waals surface area contributed by atoms with Crippen LogP contribution in [0.2, 0.25) is 0 Å². The maximum Gasteiger partial charge on any atom is 0.258 e. The number of nitrogens with one attached hydrogen (secondary N) is 2. The SMILES string of the molecule is O=C(Nc1cccc(NCc2ccsc2)c1)c1ccoc1. The fourth-order valence-electron chi connectivity index (χ4n) is 1.90. The van der Waals surface area contributed by atoms with Crippen molar-refractivity contribution in [3.05, 3.63) is 70.8 Å². The van der Waals surface area contributed by atoms with Crippen LogP contribution in [0.25, 0.3) is 0 Å². The molecule has 0 saturated carbocycles. The molecule has 3 aromatic rings. The van der Waals surface area contributed by atoms with E-state index >= 15 is 0 Å². The summed E-state index contributed by atoms with van der Waals surface area (Å²) in [4.78, 5) is 11.9. The van der Waals surface area contributed by atoms with E-state index in [0.29, 0.717) is 5.56 Å². The first-order valence-corrected chi connectivity index (χ1v) is 7.44. The lowest BCUT2D eigenvalue weighted by atomic mass is 10.2. The zero-order valence-electron chi connectivity index (χ0n) is 11.2. The minimum absolute atomic E-state index is 0.182. The van der Waals surface area contributed by atoms with Gasteiger partial charge in [0.1, 0.15) is 6.26 Å². The fourth-order valence-corrected chi connectivity index (χ4v) is 2.57. The standard InChI is InChI=1S/C16H14N2O2S/c19-16(13-4-6-20-10-13)18-15-3-1-2-14(8-15)17-9-12-5-7-21-11-12/h1-8,10-11,17H,9H2,(H,18,19). The molecule has 4 nitrogen and oxygen atoms in total. The molecule has 0 spiro atoms. The third-order valence-electron chi connectivity index (χ3n) is 2.98. The van der Waals surface area contributed by atoms with Crippen molar-refractivity contribution < 1.29 is 9.21 Å². The summed E-state index contributed by atoms with van der Waals surface area (Å²) in [6, 6.07) is 11.4. The number of rotatable bonds is 5. The van der Waals surface area contributed by atoms with Crippen LogP contribution < -0.4 is 10.6 Å². The molecule has 1 aromatic carbocycles. The van der Waals surface area contributed by atoms with Gasteiger partial charge in [-0.25, -0.2) is 0 Å². The molecule has 0 unspecified atom stereocenters. The van der Waals surface area contributed by atoms with Crippen molar-refractivity contribution in [1.82, 2.24) is 0 Å². The van der Waals surface area contributed by atoms with E-state index in [2.05, 4.69) is 27.5 Å². The van der Waals surface area contributed by atoms with Crippen LogP contribution in [0.15, 0.2) is 64.1 Å².